The molecule has 0 saturated carbocycles. The maximum absolute atomic E-state index is 11.9. The zero-order valence-electron chi connectivity index (χ0n) is 12.4. The number of halogens is 1. The fraction of sp³-hybridized carbons (Fsp3) is 0.533. The van der Waals surface area contributed by atoms with Crippen LogP contribution in [0.5, 0.6) is 11.5 Å². The molecule has 1 saturated heterocycles. The van der Waals surface area contributed by atoms with Crippen LogP contribution >= 0.6 is 15.9 Å². The van der Waals surface area contributed by atoms with E-state index in [-0.39, 0.29) is 5.91 Å². The number of hydrogen-bond acceptors (Lipinski definition) is 4. The molecule has 1 aromatic carbocycles. The highest BCUT2D eigenvalue weighted by atomic mass is 79.9. The summed E-state index contributed by atoms with van der Waals surface area (Å²) in [4.78, 5) is 11.9. The largest absolute Gasteiger partial charge is 0.493 e. The normalized spacial score (nSPS) is 17.6. The monoisotopic (exact) mass is 356 g/mol. The molecule has 116 valence electrons. The zero-order chi connectivity index (χ0) is 15.2. The van der Waals surface area contributed by atoms with Gasteiger partial charge in [0.1, 0.15) is 0 Å². The van der Waals surface area contributed by atoms with Gasteiger partial charge < -0.3 is 20.1 Å². The topological polar surface area (TPSA) is 59.6 Å². The maximum Gasteiger partial charge on any atom is 0.221 e. The van der Waals surface area contributed by atoms with Gasteiger partial charge in [-0.2, -0.15) is 0 Å². The van der Waals surface area contributed by atoms with E-state index < -0.39 is 0 Å². The Morgan fingerprint density at radius 3 is 2.86 bits per heavy atom. The summed E-state index contributed by atoms with van der Waals surface area (Å²) in [5.74, 6) is 1.37. The summed E-state index contributed by atoms with van der Waals surface area (Å²) < 4.78 is 11.4. The highest BCUT2D eigenvalue weighted by Crippen LogP contribution is 2.36. The molecule has 1 heterocycles. The Kier molecular flexibility index (Phi) is 5.87. The molecule has 0 aliphatic carbocycles. The van der Waals surface area contributed by atoms with Gasteiger partial charge >= 0.3 is 0 Å². The second-order valence-electron chi connectivity index (χ2n) is 5.09. The molecule has 0 aromatic heterocycles. The quantitative estimate of drug-likeness (QED) is 0.820. The minimum Gasteiger partial charge on any atom is -0.493 e. The first kappa shape index (κ1) is 16.1. The third kappa shape index (κ3) is 4.35. The number of ether oxygens (including phenoxy) is 2. The Labute approximate surface area is 133 Å². The Balaban J connectivity index is 1.93. The average Bonchev–Trinajstić information content (AvgIpc) is 2.97. The van der Waals surface area contributed by atoms with Gasteiger partial charge in [-0.15, -0.1) is 0 Å². The number of benzene rings is 1. The van der Waals surface area contributed by atoms with Gasteiger partial charge in [-0.05, 0) is 53.0 Å². The van der Waals surface area contributed by atoms with Crippen molar-refractivity contribution < 1.29 is 14.3 Å². The van der Waals surface area contributed by atoms with Gasteiger partial charge in [0.25, 0.3) is 0 Å². The molecule has 1 unspecified atom stereocenters. The number of nitrogens with one attached hydrogen (secondary N) is 2. The molecule has 21 heavy (non-hydrogen) atoms. The standard InChI is InChI=1S/C15H21BrN2O3/c1-20-13-7-10(6-12(16)15(13)21-2)9-18-14(19)8-11-4-3-5-17-11/h6-7,11,17H,3-5,8-9H2,1-2H3,(H,18,19). The van der Waals surface area contributed by atoms with Crippen molar-refractivity contribution in [3.05, 3.63) is 22.2 Å². The van der Waals surface area contributed by atoms with E-state index in [0.717, 1.165) is 29.4 Å². The van der Waals surface area contributed by atoms with Gasteiger partial charge in [0.15, 0.2) is 11.5 Å². The number of carbonyl (C=O) groups is 1. The summed E-state index contributed by atoms with van der Waals surface area (Å²) >= 11 is 3.45. The molecular weight excluding hydrogens is 336 g/mol. The van der Waals surface area contributed by atoms with Crippen LogP contribution in [0, 0.1) is 0 Å². The predicted molar refractivity (Wildman–Crippen MR) is 84.7 cm³/mol. The van der Waals surface area contributed by atoms with Gasteiger partial charge in [0.05, 0.1) is 18.7 Å². The van der Waals surface area contributed by atoms with Crippen molar-refractivity contribution >= 4 is 21.8 Å². The van der Waals surface area contributed by atoms with Crippen molar-refractivity contribution in [2.24, 2.45) is 0 Å². The summed E-state index contributed by atoms with van der Waals surface area (Å²) in [5, 5.41) is 6.27. The number of carbonyl (C=O) groups excluding carboxylic acids is 1. The Bertz CT molecular complexity index is 502. The molecule has 1 atom stereocenters. The molecule has 1 aromatic rings. The number of methoxy groups -OCH3 is 2. The lowest BCUT2D eigenvalue weighted by atomic mass is 10.1. The second-order valence-corrected chi connectivity index (χ2v) is 5.94. The molecule has 1 aliphatic heterocycles. The van der Waals surface area contributed by atoms with E-state index in [1.807, 2.05) is 12.1 Å². The highest BCUT2D eigenvalue weighted by Gasteiger charge is 2.17. The van der Waals surface area contributed by atoms with E-state index in [1.54, 1.807) is 14.2 Å². The summed E-state index contributed by atoms with van der Waals surface area (Å²) in [5.41, 5.74) is 0.965. The minimum atomic E-state index is 0.0697. The van der Waals surface area contributed by atoms with Crippen molar-refractivity contribution in [3.63, 3.8) is 0 Å². The zero-order valence-corrected chi connectivity index (χ0v) is 14.0. The van der Waals surface area contributed by atoms with Crippen LogP contribution in [-0.4, -0.2) is 32.7 Å². The lowest BCUT2D eigenvalue weighted by Gasteiger charge is -2.13. The van der Waals surface area contributed by atoms with Gasteiger partial charge in [0.2, 0.25) is 5.91 Å². The smallest absolute Gasteiger partial charge is 0.221 e. The van der Waals surface area contributed by atoms with Crippen LogP contribution in [0.2, 0.25) is 0 Å². The molecule has 0 radical (unpaired) electrons. The van der Waals surface area contributed by atoms with Gasteiger partial charge in [-0.3, -0.25) is 4.79 Å². The summed E-state index contributed by atoms with van der Waals surface area (Å²) in [6.45, 7) is 1.49. The predicted octanol–water partition coefficient (Wildman–Crippen LogP) is 2.22. The fourth-order valence-corrected chi connectivity index (χ4v) is 3.15. The first-order chi connectivity index (χ1) is 10.1. The van der Waals surface area contributed by atoms with Crippen molar-refractivity contribution in [2.45, 2.75) is 31.8 Å². The van der Waals surface area contributed by atoms with Crippen molar-refractivity contribution in [2.75, 3.05) is 20.8 Å². The lowest BCUT2D eigenvalue weighted by Crippen LogP contribution is -2.31. The summed E-state index contributed by atoms with van der Waals surface area (Å²) in [6, 6.07) is 4.12. The van der Waals surface area contributed by atoms with Crippen LogP contribution in [0.1, 0.15) is 24.8 Å². The van der Waals surface area contributed by atoms with Crippen molar-refractivity contribution in [1.29, 1.82) is 0 Å². The third-order valence-corrected chi connectivity index (χ3v) is 4.17. The van der Waals surface area contributed by atoms with Crippen LogP contribution in [0.4, 0.5) is 0 Å². The van der Waals surface area contributed by atoms with E-state index in [4.69, 9.17) is 9.47 Å². The van der Waals surface area contributed by atoms with E-state index in [1.165, 1.54) is 0 Å². The molecule has 2 rings (SSSR count). The van der Waals surface area contributed by atoms with Gasteiger partial charge in [0, 0.05) is 19.0 Å². The first-order valence-corrected chi connectivity index (χ1v) is 7.83. The average molecular weight is 357 g/mol. The van der Waals surface area contributed by atoms with Gasteiger partial charge in [-0.25, -0.2) is 0 Å². The molecule has 2 N–H and O–H groups in total. The third-order valence-electron chi connectivity index (χ3n) is 3.58. The van der Waals surface area contributed by atoms with E-state index in [2.05, 4.69) is 26.6 Å². The fourth-order valence-electron chi connectivity index (χ4n) is 2.50. The van der Waals surface area contributed by atoms with Crippen LogP contribution in [-0.2, 0) is 11.3 Å². The van der Waals surface area contributed by atoms with Crippen molar-refractivity contribution in [1.82, 2.24) is 10.6 Å². The number of hydrogen-bond donors (Lipinski definition) is 2. The number of amides is 1. The van der Waals surface area contributed by atoms with E-state index in [9.17, 15) is 4.79 Å². The van der Waals surface area contributed by atoms with Crippen molar-refractivity contribution in [3.8, 4) is 11.5 Å². The molecule has 0 bridgehead atoms. The number of rotatable bonds is 6. The molecule has 0 spiro atoms. The summed E-state index contributed by atoms with van der Waals surface area (Å²) in [7, 11) is 3.19. The van der Waals surface area contributed by atoms with Crippen LogP contribution < -0.4 is 20.1 Å². The minimum absolute atomic E-state index is 0.0697. The molecule has 5 nitrogen and oxygen atoms in total. The lowest BCUT2D eigenvalue weighted by molar-refractivity contribution is -0.121. The second kappa shape index (κ2) is 7.66. The molecule has 1 fully saturated rings. The molecule has 1 aliphatic rings. The Morgan fingerprint density at radius 2 is 2.24 bits per heavy atom. The SMILES string of the molecule is COc1cc(CNC(=O)CC2CCCN2)cc(Br)c1OC. The molecular formula is C15H21BrN2O3. The molecule has 6 heteroatoms. The van der Waals surface area contributed by atoms with E-state index in [0.29, 0.717) is 30.5 Å². The van der Waals surface area contributed by atoms with Crippen LogP contribution in [0.25, 0.3) is 0 Å². The molecule has 1 amide bonds. The van der Waals surface area contributed by atoms with E-state index >= 15 is 0 Å². The summed E-state index contributed by atoms with van der Waals surface area (Å²) in [6.07, 6.45) is 2.77. The Morgan fingerprint density at radius 1 is 1.43 bits per heavy atom. The maximum atomic E-state index is 11.9. The van der Waals surface area contributed by atoms with Crippen LogP contribution in [0.15, 0.2) is 16.6 Å². The highest BCUT2D eigenvalue weighted by molar-refractivity contribution is 9.10. The van der Waals surface area contributed by atoms with Crippen LogP contribution in [0.3, 0.4) is 0 Å². The van der Waals surface area contributed by atoms with Gasteiger partial charge in [-0.1, -0.05) is 0 Å². The Hall–Kier alpha value is -1.27. The first-order valence-electron chi connectivity index (χ1n) is 7.04.